The average Bonchev–Trinajstić information content (AvgIpc) is 3.39. The summed E-state index contributed by atoms with van der Waals surface area (Å²) in [5.74, 6) is 0.716. The third-order valence-corrected chi connectivity index (χ3v) is 6.33. The monoisotopic (exact) mass is 380 g/mol. The van der Waals surface area contributed by atoms with Gasteiger partial charge in [0, 0.05) is 23.2 Å². The zero-order valence-electron chi connectivity index (χ0n) is 15.7. The predicted molar refractivity (Wildman–Crippen MR) is 104 cm³/mol. The number of benzene rings is 1. The smallest absolute Gasteiger partial charge is 0.325 e. The van der Waals surface area contributed by atoms with Crippen LogP contribution < -0.4 is 5.32 Å². The fourth-order valence-corrected chi connectivity index (χ4v) is 4.40. The summed E-state index contributed by atoms with van der Waals surface area (Å²) in [4.78, 5) is 23.6. The molecule has 0 spiro atoms. The highest BCUT2D eigenvalue weighted by Gasteiger charge is 2.48. The Morgan fingerprint density at radius 3 is 2.62 bits per heavy atom. The molecule has 7 heteroatoms. The summed E-state index contributed by atoms with van der Waals surface area (Å²) in [5.41, 5.74) is -0.0961. The second kappa shape index (κ2) is 8.86. The number of rotatable bonds is 10. The maximum absolute atomic E-state index is 12.5. The lowest BCUT2D eigenvalue weighted by Crippen LogP contribution is -2.24. The number of carbonyl (C=O) groups excluding carboxylic acids is 1. The first-order valence-electron chi connectivity index (χ1n) is 9.27. The standard InChI is InChI=1S/C19H28N2O4S/c1-4-5-9-19(10-11-19)18(22)20-15-6-7-17(16(13-15)21(23)24)26(25)12-8-14(2)3/h6-7,13-14H,4-5,8-12H2,1-3H3,(H,20,22). The second-order valence-electron chi connectivity index (χ2n) is 7.51. The van der Waals surface area contributed by atoms with Gasteiger partial charge in [-0.2, -0.15) is 0 Å². The minimum Gasteiger partial charge on any atom is -0.611 e. The number of nitrogens with zero attached hydrogens (tertiary/aromatic N) is 1. The summed E-state index contributed by atoms with van der Waals surface area (Å²) >= 11 is -1.42. The topological polar surface area (TPSA) is 95.3 Å². The Morgan fingerprint density at radius 2 is 2.08 bits per heavy atom. The molecule has 6 nitrogen and oxygen atoms in total. The van der Waals surface area contributed by atoms with Crippen molar-refractivity contribution in [2.75, 3.05) is 11.1 Å². The van der Waals surface area contributed by atoms with Gasteiger partial charge >= 0.3 is 5.69 Å². The van der Waals surface area contributed by atoms with E-state index in [0.29, 0.717) is 17.4 Å². The molecule has 1 fully saturated rings. The average molecular weight is 381 g/mol. The molecule has 1 aliphatic carbocycles. The van der Waals surface area contributed by atoms with Gasteiger partial charge < -0.3 is 9.87 Å². The number of hydrogen-bond acceptors (Lipinski definition) is 4. The van der Waals surface area contributed by atoms with Gasteiger partial charge in [0.1, 0.15) is 5.75 Å². The molecule has 0 aromatic heterocycles. The number of amides is 1. The van der Waals surface area contributed by atoms with Crippen molar-refractivity contribution in [3.63, 3.8) is 0 Å². The van der Waals surface area contributed by atoms with Crippen LogP contribution in [0.2, 0.25) is 0 Å². The van der Waals surface area contributed by atoms with Crippen molar-refractivity contribution < 1.29 is 14.3 Å². The molecule has 144 valence electrons. The third-order valence-electron chi connectivity index (χ3n) is 4.88. The zero-order chi connectivity index (χ0) is 19.3. The number of carbonyl (C=O) groups is 1. The maximum atomic E-state index is 12.5. The molecule has 26 heavy (non-hydrogen) atoms. The summed E-state index contributed by atoms with van der Waals surface area (Å²) in [6.07, 6.45) is 5.38. The summed E-state index contributed by atoms with van der Waals surface area (Å²) in [6, 6.07) is 4.45. The number of nitrogens with one attached hydrogen (secondary N) is 1. The number of nitro benzene ring substituents is 1. The summed E-state index contributed by atoms with van der Waals surface area (Å²) in [5, 5.41) is 14.2. The number of nitro groups is 1. The van der Waals surface area contributed by atoms with Gasteiger partial charge in [-0.05, 0) is 48.8 Å². The number of anilines is 1. The third kappa shape index (κ3) is 5.20. The van der Waals surface area contributed by atoms with E-state index in [1.54, 1.807) is 6.07 Å². The van der Waals surface area contributed by atoms with E-state index in [4.69, 9.17) is 0 Å². The van der Waals surface area contributed by atoms with E-state index in [2.05, 4.69) is 12.2 Å². The van der Waals surface area contributed by atoms with Crippen LogP contribution in [0.4, 0.5) is 11.4 Å². The second-order valence-corrected chi connectivity index (χ2v) is 9.05. The first-order valence-corrected chi connectivity index (χ1v) is 10.6. The molecule has 0 aliphatic heterocycles. The quantitative estimate of drug-likeness (QED) is 0.363. The number of unbranched alkanes of at least 4 members (excludes halogenated alkanes) is 1. The highest BCUT2D eigenvalue weighted by molar-refractivity contribution is 7.91. The van der Waals surface area contributed by atoms with Crippen LogP contribution >= 0.6 is 0 Å². The Bertz CT molecular complexity index is 659. The van der Waals surface area contributed by atoms with Crippen molar-refractivity contribution in [2.45, 2.75) is 64.2 Å². The van der Waals surface area contributed by atoms with E-state index in [-0.39, 0.29) is 21.9 Å². The summed E-state index contributed by atoms with van der Waals surface area (Å²) < 4.78 is 12.4. The Morgan fingerprint density at radius 1 is 1.38 bits per heavy atom. The first-order chi connectivity index (χ1) is 12.3. The van der Waals surface area contributed by atoms with E-state index >= 15 is 0 Å². The molecule has 1 aliphatic rings. The van der Waals surface area contributed by atoms with Gasteiger partial charge in [0.15, 0.2) is 0 Å². The van der Waals surface area contributed by atoms with E-state index in [0.717, 1.165) is 38.5 Å². The normalized spacial score (nSPS) is 16.3. The van der Waals surface area contributed by atoms with Crippen molar-refractivity contribution in [1.82, 2.24) is 0 Å². The van der Waals surface area contributed by atoms with Gasteiger partial charge in [0.2, 0.25) is 10.8 Å². The van der Waals surface area contributed by atoms with Gasteiger partial charge in [0.05, 0.1) is 4.92 Å². The van der Waals surface area contributed by atoms with Crippen molar-refractivity contribution in [3.8, 4) is 0 Å². The molecule has 1 aromatic carbocycles. The SMILES string of the molecule is CCCCC1(C(=O)Nc2ccc([S+]([O-])CCC(C)C)c([N+](=O)[O-])c2)CC1. The fraction of sp³-hybridized carbons (Fsp3) is 0.632. The molecular formula is C19H28N2O4S. The van der Waals surface area contributed by atoms with Gasteiger partial charge in [-0.3, -0.25) is 14.9 Å². The van der Waals surface area contributed by atoms with Crippen molar-refractivity contribution in [1.29, 1.82) is 0 Å². The minimum absolute atomic E-state index is 0.0612. The predicted octanol–water partition coefficient (Wildman–Crippen LogP) is 4.66. The number of hydrogen-bond donors (Lipinski definition) is 1. The molecule has 0 bridgehead atoms. The van der Waals surface area contributed by atoms with Crippen molar-refractivity contribution in [2.24, 2.45) is 11.3 Å². The van der Waals surface area contributed by atoms with E-state index in [9.17, 15) is 19.5 Å². The molecule has 0 heterocycles. The van der Waals surface area contributed by atoms with Crippen molar-refractivity contribution in [3.05, 3.63) is 28.3 Å². The van der Waals surface area contributed by atoms with Crippen LogP contribution in [0.1, 0.15) is 59.3 Å². The van der Waals surface area contributed by atoms with Crippen LogP contribution in [0.15, 0.2) is 23.1 Å². The Hall–Kier alpha value is -1.60. The fourth-order valence-electron chi connectivity index (χ4n) is 2.90. The van der Waals surface area contributed by atoms with Gasteiger partial charge in [-0.15, -0.1) is 0 Å². The van der Waals surface area contributed by atoms with Crippen molar-refractivity contribution >= 4 is 28.5 Å². The molecule has 0 radical (unpaired) electrons. The lowest BCUT2D eigenvalue weighted by molar-refractivity contribution is -0.387. The Balaban J connectivity index is 2.12. The first kappa shape index (κ1) is 20.7. The Kier molecular flexibility index (Phi) is 7.06. The highest BCUT2D eigenvalue weighted by atomic mass is 32.2. The van der Waals surface area contributed by atoms with E-state index < -0.39 is 16.1 Å². The van der Waals surface area contributed by atoms with Gasteiger partial charge in [0.25, 0.3) is 0 Å². The molecule has 1 N–H and O–H groups in total. The van der Waals surface area contributed by atoms with E-state index in [1.807, 2.05) is 13.8 Å². The van der Waals surface area contributed by atoms with Crippen LogP contribution in [0, 0.1) is 21.4 Å². The lowest BCUT2D eigenvalue weighted by Gasteiger charge is -2.16. The minimum atomic E-state index is -1.42. The largest absolute Gasteiger partial charge is 0.611 e. The van der Waals surface area contributed by atoms with Crippen LogP contribution in [0.5, 0.6) is 0 Å². The van der Waals surface area contributed by atoms with Crippen LogP contribution in [-0.4, -0.2) is 21.1 Å². The van der Waals surface area contributed by atoms with Crippen LogP contribution in [-0.2, 0) is 16.0 Å². The molecular weight excluding hydrogens is 352 g/mol. The highest BCUT2D eigenvalue weighted by Crippen LogP contribution is 2.50. The molecule has 1 aromatic rings. The molecule has 2 rings (SSSR count). The maximum Gasteiger partial charge on any atom is 0.325 e. The lowest BCUT2D eigenvalue weighted by atomic mass is 9.98. The molecule has 1 amide bonds. The van der Waals surface area contributed by atoms with Crippen LogP contribution in [0.3, 0.4) is 0 Å². The Labute approximate surface area is 158 Å². The van der Waals surface area contributed by atoms with Gasteiger partial charge in [-0.1, -0.05) is 33.6 Å². The zero-order valence-corrected chi connectivity index (χ0v) is 16.6. The molecule has 1 saturated carbocycles. The van der Waals surface area contributed by atoms with Crippen LogP contribution in [0.25, 0.3) is 0 Å². The summed E-state index contributed by atoms with van der Waals surface area (Å²) in [7, 11) is 0. The van der Waals surface area contributed by atoms with E-state index in [1.165, 1.54) is 12.1 Å². The summed E-state index contributed by atoms with van der Waals surface area (Å²) in [6.45, 7) is 6.14. The molecule has 0 saturated heterocycles. The van der Waals surface area contributed by atoms with Gasteiger partial charge in [-0.25, -0.2) is 0 Å². The molecule has 1 unspecified atom stereocenters. The molecule has 1 atom stereocenters.